The van der Waals surface area contributed by atoms with E-state index in [1.54, 1.807) is 25.1 Å². The molecule has 1 fully saturated rings. The molecule has 0 aromatic heterocycles. The lowest BCUT2D eigenvalue weighted by atomic mass is 10.3. The average Bonchev–Trinajstić information content (AvgIpc) is 2.63. The molecule has 2 rings (SSSR count). The van der Waals surface area contributed by atoms with E-state index in [0.717, 1.165) is 0 Å². The highest BCUT2D eigenvalue weighted by atomic mass is 32.2. The quantitative estimate of drug-likeness (QED) is 0.456. The fourth-order valence-corrected chi connectivity index (χ4v) is 3.57. The van der Waals surface area contributed by atoms with Crippen molar-refractivity contribution in [2.24, 2.45) is 0 Å². The normalized spacial score (nSPS) is 16.1. The van der Waals surface area contributed by atoms with Crippen LogP contribution in [0.1, 0.15) is 6.92 Å². The van der Waals surface area contributed by atoms with Crippen molar-refractivity contribution < 1.29 is 22.7 Å². The molecule has 9 heteroatoms. The summed E-state index contributed by atoms with van der Waals surface area (Å²) in [7, 11) is -3.55. The predicted molar refractivity (Wildman–Crippen MR) is 90.0 cm³/mol. The van der Waals surface area contributed by atoms with Crippen molar-refractivity contribution in [3.8, 4) is 6.07 Å². The van der Waals surface area contributed by atoms with Gasteiger partial charge in [0, 0.05) is 25.0 Å². The van der Waals surface area contributed by atoms with Gasteiger partial charge in [-0.2, -0.15) is 9.57 Å². The Labute approximate surface area is 146 Å². The Hall–Kier alpha value is -2.41. The van der Waals surface area contributed by atoms with Gasteiger partial charge in [0.05, 0.1) is 24.7 Å². The summed E-state index contributed by atoms with van der Waals surface area (Å²) in [5, 5.41) is 11.7. The second kappa shape index (κ2) is 8.62. The van der Waals surface area contributed by atoms with Crippen molar-refractivity contribution in [2.75, 3.05) is 38.2 Å². The first kappa shape index (κ1) is 18.9. The van der Waals surface area contributed by atoms with E-state index in [2.05, 4.69) is 5.32 Å². The van der Waals surface area contributed by atoms with Crippen LogP contribution in [0.4, 0.5) is 5.69 Å². The van der Waals surface area contributed by atoms with E-state index in [1.807, 2.05) is 0 Å². The average molecular weight is 365 g/mol. The highest BCUT2D eigenvalue weighted by Crippen LogP contribution is 2.19. The molecule has 0 radical (unpaired) electrons. The number of ether oxygens (including phenoxy) is 2. The molecule has 134 valence electrons. The number of hydrogen-bond donors (Lipinski definition) is 1. The van der Waals surface area contributed by atoms with Crippen LogP contribution in [-0.4, -0.2) is 51.6 Å². The summed E-state index contributed by atoms with van der Waals surface area (Å²) in [5.74, 6) is -0.719. The van der Waals surface area contributed by atoms with Crippen molar-refractivity contribution in [1.82, 2.24) is 4.31 Å². The Kier molecular flexibility index (Phi) is 6.52. The van der Waals surface area contributed by atoms with Gasteiger partial charge in [-0.15, -0.1) is 0 Å². The summed E-state index contributed by atoms with van der Waals surface area (Å²) in [6.45, 7) is 3.25. The molecule has 25 heavy (non-hydrogen) atoms. The zero-order valence-electron chi connectivity index (χ0n) is 13.8. The maximum atomic E-state index is 12.5. The minimum Gasteiger partial charge on any atom is -0.462 e. The number of sulfonamides is 1. The van der Waals surface area contributed by atoms with Crippen LogP contribution in [-0.2, 0) is 24.3 Å². The van der Waals surface area contributed by atoms with E-state index in [4.69, 9.17) is 14.7 Å². The number of morpholine rings is 1. The molecule has 1 saturated heterocycles. The summed E-state index contributed by atoms with van der Waals surface area (Å²) in [4.78, 5) is 11.7. The van der Waals surface area contributed by atoms with E-state index in [0.29, 0.717) is 32.0 Å². The van der Waals surface area contributed by atoms with Crippen LogP contribution >= 0.6 is 0 Å². The monoisotopic (exact) mass is 365 g/mol. The summed E-state index contributed by atoms with van der Waals surface area (Å²) in [6, 6.07) is 7.80. The summed E-state index contributed by atoms with van der Waals surface area (Å²) in [6.07, 6.45) is 1.23. The molecule has 0 bridgehead atoms. The van der Waals surface area contributed by atoms with Crippen LogP contribution < -0.4 is 5.32 Å². The van der Waals surface area contributed by atoms with E-state index >= 15 is 0 Å². The van der Waals surface area contributed by atoms with Gasteiger partial charge in [-0.05, 0) is 31.2 Å². The molecule has 0 aliphatic carbocycles. The maximum Gasteiger partial charge on any atom is 0.350 e. The zero-order chi connectivity index (χ0) is 18.3. The molecule has 0 atom stereocenters. The largest absolute Gasteiger partial charge is 0.462 e. The molecule has 1 aromatic carbocycles. The Morgan fingerprint density at radius 3 is 2.56 bits per heavy atom. The van der Waals surface area contributed by atoms with E-state index in [1.165, 1.54) is 22.6 Å². The third-order valence-corrected chi connectivity index (χ3v) is 5.37. The summed E-state index contributed by atoms with van der Waals surface area (Å²) in [5.41, 5.74) is 0.366. The highest BCUT2D eigenvalue weighted by molar-refractivity contribution is 7.89. The number of esters is 1. The number of hydrogen-bond acceptors (Lipinski definition) is 7. The molecule has 1 aliphatic heterocycles. The molecule has 0 spiro atoms. The van der Waals surface area contributed by atoms with Gasteiger partial charge in [0.2, 0.25) is 10.0 Å². The summed E-state index contributed by atoms with van der Waals surface area (Å²) < 4.78 is 36.3. The molecule has 0 saturated carbocycles. The van der Waals surface area contributed by atoms with Gasteiger partial charge >= 0.3 is 5.97 Å². The van der Waals surface area contributed by atoms with Crippen LogP contribution in [0.5, 0.6) is 0 Å². The Bertz CT molecular complexity index is 775. The molecule has 0 unspecified atom stereocenters. The van der Waals surface area contributed by atoms with Crippen LogP contribution in [0.25, 0.3) is 0 Å². The smallest absolute Gasteiger partial charge is 0.350 e. The second-order valence-electron chi connectivity index (χ2n) is 5.08. The molecular formula is C16H19N3O5S. The molecule has 1 N–H and O–H groups in total. The standard InChI is InChI=1S/C16H19N3O5S/c1-2-24-16(20)13(11-17)12-18-14-3-5-15(6-4-14)25(21,22)19-7-9-23-10-8-19/h3-6,12,18H,2,7-10H2,1H3/b13-12+. The fraction of sp³-hybridized carbons (Fsp3) is 0.375. The van der Waals surface area contributed by atoms with Crippen LogP contribution in [0.2, 0.25) is 0 Å². The van der Waals surface area contributed by atoms with E-state index in [9.17, 15) is 13.2 Å². The van der Waals surface area contributed by atoms with E-state index in [-0.39, 0.29) is 17.1 Å². The number of anilines is 1. The first-order chi connectivity index (χ1) is 12.0. The Morgan fingerprint density at radius 1 is 1.36 bits per heavy atom. The number of benzene rings is 1. The maximum absolute atomic E-state index is 12.5. The first-order valence-electron chi connectivity index (χ1n) is 7.71. The number of nitrogens with one attached hydrogen (secondary N) is 1. The Balaban J connectivity index is 2.09. The van der Waals surface area contributed by atoms with Crippen molar-refractivity contribution in [3.05, 3.63) is 36.0 Å². The molecule has 1 aliphatic rings. The lowest BCUT2D eigenvalue weighted by molar-refractivity contribution is -0.138. The van der Waals surface area contributed by atoms with Crippen LogP contribution in [0, 0.1) is 11.3 Å². The van der Waals surface area contributed by atoms with Crippen molar-refractivity contribution in [1.29, 1.82) is 5.26 Å². The number of rotatable bonds is 6. The van der Waals surface area contributed by atoms with Gasteiger partial charge in [0.1, 0.15) is 6.07 Å². The van der Waals surface area contributed by atoms with Crippen molar-refractivity contribution >= 4 is 21.7 Å². The van der Waals surface area contributed by atoms with Crippen LogP contribution in [0.15, 0.2) is 40.9 Å². The molecule has 8 nitrogen and oxygen atoms in total. The first-order valence-corrected chi connectivity index (χ1v) is 9.15. The zero-order valence-corrected chi connectivity index (χ0v) is 14.6. The topological polar surface area (TPSA) is 109 Å². The number of carbonyl (C=O) groups excluding carboxylic acids is 1. The highest BCUT2D eigenvalue weighted by Gasteiger charge is 2.26. The van der Waals surface area contributed by atoms with Gasteiger partial charge in [-0.25, -0.2) is 13.2 Å². The van der Waals surface area contributed by atoms with Gasteiger partial charge in [-0.3, -0.25) is 0 Å². The molecule has 1 heterocycles. The SMILES string of the molecule is CCOC(=O)/C(C#N)=C/Nc1ccc(S(=O)(=O)N2CCOCC2)cc1. The fourth-order valence-electron chi connectivity index (χ4n) is 2.16. The second-order valence-corrected chi connectivity index (χ2v) is 7.01. The lowest BCUT2D eigenvalue weighted by Gasteiger charge is -2.26. The minimum absolute atomic E-state index is 0.173. The third-order valence-electron chi connectivity index (χ3n) is 3.46. The van der Waals surface area contributed by atoms with Gasteiger partial charge in [0.25, 0.3) is 0 Å². The molecular weight excluding hydrogens is 346 g/mol. The number of nitrogens with zero attached hydrogens (tertiary/aromatic N) is 2. The third kappa shape index (κ3) is 4.79. The molecule has 0 amide bonds. The van der Waals surface area contributed by atoms with Crippen LogP contribution in [0.3, 0.4) is 0 Å². The number of carbonyl (C=O) groups is 1. The van der Waals surface area contributed by atoms with Gasteiger partial charge in [0.15, 0.2) is 5.57 Å². The lowest BCUT2D eigenvalue weighted by Crippen LogP contribution is -2.40. The minimum atomic E-state index is -3.55. The van der Waals surface area contributed by atoms with Gasteiger partial charge in [-0.1, -0.05) is 0 Å². The number of nitriles is 1. The Morgan fingerprint density at radius 2 is 2.00 bits per heavy atom. The van der Waals surface area contributed by atoms with E-state index < -0.39 is 16.0 Å². The van der Waals surface area contributed by atoms with Crippen molar-refractivity contribution in [3.63, 3.8) is 0 Å². The molecule has 1 aromatic rings. The predicted octanol–water partition coefficient (Wildman–Crippen LogP) is 1.09. The van der Waals surface area contributed by atoms with Crippen molar-refractivity contribution in [2.45, 2.75) is 11.8 Å². The van der Waals surface area contributed by atoms with Gasteiger partial charge < -0.3 is 14.8 Å². The summed E-state index contributed by atoms with van der Waals surface area (Å²) >= 11 is 0.